The minimum Gasteiger partial charge on any atom is -0.415 e. The fourth-order valence-electron chi connectivity index (χ4n) is 1.79. The van der Waals surface area contributed by atoms with Gasteiger partial charge in [-0.1, -0.05) is 19.1 Å². The minimum atomic E-state index is -1.31. The van der Waals surface area contributed by atoms with Gasteiger partial charge in [-0.15, -0.1) is 0 Å². The topological polar surface area (TPSA) is 44.2 Å². The van der Waals surface area contributed by atoms with Crippen LogP contribution in [0.5, 0.6) is 0 Å². The lowest BCUT2D eigenvalue weighted by atomic mass is 10.1. The maximum absolute atomic E-state index is 6.28. The van der Waals surface area contributed by atoms with E-state index in [-0.39, 0.29) is 11.8 Å². The van der Waals surface area contributed by atoms with E-state index in [1.165, 1.54) is 12.5 Å². The van der Waals surface area contributed by atoms with Crippen LogP contribution in [0.2, 0.25) is 32.2 Å². The predicted molar refractivity (Wildman–Crippen MR) is 64.6 cm³/mol. The summed E-state index contributed by atoms with van der Waals surface area (Å²) in [6, 6.07) is 1.46. The van der Waals surface area contributed by atoms with Crippen LogP contribution >= 0.6 is 0 Å². The van der Waals surface area contributed by atoms with Gasteiger partial charge in [-0.05, 0) is 33.4 Å². The molecule has 0 atom stereocenters. The summed E-state index contributed by atoms with van der Waals surface area (Å²) in [5, 5.41) is 0. The van der Waals surface area contributed by atoms with Gasteiger partial charge in [-0.2, -0.15) is 0 Å². The third kappa shape index (κ3) is 2.65. The van der Waals surface area contributed by atoms with Gasteiger partial charge in [0, 0.05) is 0 Å². The number of rotatable bonds is 0. The number of hydrogen-bond donors (Lipinski definition) is 1. The van der Waals surface area contributed by atoms with E-state index in [0.717, 1.165) is 0 Å². The van der Waals surface area contributed by atoms with Crippen LogP contribution in [0.25, 0.3) is 0 Å². The molecule has 2 nitrogen and oxygen atoms in total. The van der Waals surface area contributed by atoms with Crippen LogP contribution in [0.1, 0.15) is 20.3 Å². The Morgan fingerprint density at radius 1 is 1.08 bits per heavy atom. The molecular weight excluding hydrogens is 194 g/mol. The van der Waals surface area contributed by atoms with Crippen LogP contribution in [0.15, 0.2) is 0 Å². The molecule has 1 heterocycles. The highest BCUT2D eigenvalue weighted by molar-refractivity contribution is 7.38. The van der Waals surface area contributed by atoms with Crippen LogP contribution in [0.3, 0.4) is 0 Å². The molecule has 1 aliphatic heterocycles. The molecule has 0 amide bonds. The Morgan fingerprint density at radius 2 is 1.54 bits per heavy atom. The van der Waals surface area contributed by atoms with Crippen molar-refractivity contribution in [1.82, 2.24) is 6.15 Å². The summed E-state index contributed by atoms with van der Waals surface area (Å²) in [5.41, 5.74) is 0.165. The zero-order chi connectivity index (χ0) is 9.62. The van der Waals surface area contributed by atoms with Crippen molar-refractivity contribution >= 4 is 15.4 Å². The van der Waals surface area contributed by atoms with E-state index >= 15 is 0 Å². The van der Waals surface area contributed by atoms with E-state index in [1.54, 1.807) is 0 Å². The molecule has 0 unspecified atom stereocenters. The van der Waals surface area contributed by atoms with E-state index in [9.17, 15) is 0 Å². The molecule has 0 radical (unpaired) electrons. The molecule has 1 aliphatic rings. The molecule has 0 aromatic rings. The normalized spacial score (nSPS) is 29.1. The fraction of sp³-hybridized carbons (Fsp3) is 1.00. The van der Waals surface area contributed by atoms with E-state index in [2.05, 4.69) is 40.0 Å². The standard InChI is InChI=1S/C9H22OSi2.H3N/c1-9(2)7-8-11(3,4)12(5,6)10-9;/h7-8H2,1-6H3;1H3. The van der Waals surface area contributed by atoms with Gasteiger partial charge in [-0.3, -0.25) is 0 Å². The first kappa shape index (κ1) is 13.4. The summed E-state index contributed by atoms with van der Waals surface area (Å²) in [4.78, 5) is 0. The zero-order valence-electron chi connectivity index (χ0n) is 10.0. The zero-order valence-corrected chi connectivity index (χ0v) is 12.0. The molecule has 0 spiro atoms. The minimum absolute atomic E-state index is 0. The second-order valence-electron chi connectivity index (χ2n) is 5.76. The molecule has 1 saturated heterocycles. The largest absolute Gasteiger partial charge is 0.415 e. The molecular formula is C9H25NOSi2. The van der Waals surface area contributed by atoms with Crippen molar-refractivity contribution in [2.75, 3.05) is 0 Å². The van der Waals surface area contributed by atoms with Crippen molar-refractivity contribution in [2.24, 2.45) is 0 Å². The van der Waals surface area contributed by atoms with E-state index in [4.69, 9.17) is 4.43 Å². The van der Waals surface area contributed by atoms with Gasteiger partial charge < -0.3 is 10.6 Å². The van der Waals surface area contributed by atoms with Gasteiger partial charge in [0.05, 0.1) is 13.2 Å². The van der Waals surface area contributed by atoms with Gasteiger partial charge in [0.25, 0.3) is 0 Å². The van der Waals surface area contributed by atoms with Gasteiger partial charge in [0.1, 0.15) is 0 Å². The quantitative estimate of drug-likeness (QED) is 0.635. The second-order valence-corrected chi connectivity index (χ2v) is 20.9. The van der Waals surface area contributed by atoms with Crippen molar-refractivity contribution in [3.63, 3.8) is 0 Å². The Morgan fingerprint density at radius 3 is 1.85 bits per heavy atom. The maximum Gasteiger partial charge on any atom is 0.174 e. The molecule has 3 N–H and O–H groups in total. The van der Waals surface area contributed by atoms with Crippen molar-refractivity contribution in [2.45, 2.75) is 58.1 Å². The summed E-state index contributed by atoms with van der Waals surface area (Å²) in [5.74, 6) is 0. The van der Waals surface area contributed by atoms with Gasteiger partial charge in [0.2, 0.25) is 0 Å². The molecule has 0 aromatic carbocycles. The van der Waals surface area contributed by atoms with Crippen LogP contribution in [-0.2, 0) is 4.43 Å². The van der Waals surface area contributed by atoms with Crippen LogP contribution in [0, 0.1) is 0 Å². The fourth-order valence-corrected chi connectivity index (χ4v) is 9.22. The Bertz CT molecular complexity index is 190. The van der Waals surface area contributed by atoms with Gasteiger partial charge >= 0.3 is 0 Å². The summed E-state index contributed by atoms with van der Waals surface area (Å²) in [7, 11) is -2.30. The highest BCUT2D eigenvalue weighted by Crippen LogP contribution is 2.38. The maximum atomic E-state index is 6.28. The van der Waals surface area contributed by atoms with Crippen LogP contribution < -0.4 is 6.15 Å². The lowest BCUT2D eigenvalue weighted by molar-refractivity contribution is 0.0933. The average molecular weight is 219 g/mol. The first-order valence-electron chi connectivity index (χ1n) is 4.87. The lowest BCUT2D eigenvalue weighted by Crippen LogP contribution is -2.63. The van der Waals surface area contributed by atoms with Gasteiger partial charge in [0.15, 0.2) is 7.83 Å². The predicted octanol–water partition coefficient (Wildman–Crippen LogP) is 3.34. The molecule has 4 heteroatoms. The summed E-state index contributed by atoms with van der Waals surface area (Å²) in [6.07, 6.45) is 1.27. The molecule has 0 saturated carbocycles. The van der Waals surface area contributed by atoms with Crippen molar-refractivity contribution in [3.05, 3.63) is 0 Å². The monoisotopic (exact) mass is 219 g/mol. The van der Waals surface area contributed by atoms with Crippen molar-refractivity contribution in [3.8, 4) is 0 Å². The molecule has 1 fully saturated rings. The SMILES string of the molecule is CC1(C)CC[Si](C)(C)[Si](C)(C)O1.N. The Hall–Kier alpha value is 0.354. The molecule has 0 aliphatic carbocycles. The first-order chi connectivity index (χ1) is 5.16. The third-order valence-corrected chi connectivity index (χ3v) is 20.2. The number of hydrogen-bond acceptors (Lipinski definition) is 2. The van der Waals surface area contributed by atoms with Crippen molar-refractivity contribution in [1.29, 1.82) is 0 Å². The molecule has 0 bridgehead atoms. The van der Waals surface area contributed by atoms with Crippen molar-refractivity contribution < 1.29 is 4.43 Å². The molecule has 0 aromatic heterocycles. The Kier molecular flexibility index (Phi) is 3.59. The lowest BCUT2D eigenvalue weighted by Gasteiger charge is -2.49. The average Bonchev–Trinajstić information content (AvgIpc) is 1.79. The second kappa shape index (κ2) is 3.49. The first-order valence-corrected chi connectivity index (χ1v) is 12.0. The molecule has 1 rings (SSSR count). The smallest absolute Gasteiger partial charge is 0.174 e. The third-order valence-electron chi connectivity index (χ3n) is 3.51. The summed E-state index contributed by atoms with van der Waals surface area (Å²) >= 11 is 0. The van der Waals surface area contributed by atoms with E-state index < -0.39 is 15.4 Å². The summed E-state index contributed by atoms with van der Waals surface area (Å²) in [6.45, 7) is 14.3. The van der Waals surface area contributed by atoms with Gasteiger partial charge in [-0.25, -0.2) is 0 Å². The molecule has 80 valence electrons. The molecule has 13 heavy (non-hydrogen) atoms. The highest BCUT2D eigenvalue weighted by Gasteiger charge is 2.49. The van der Waals surface area contributed by atoms with Crippen LogP contribution in [0.4, 0.5) is 0 Å². The Balaban J connectivity index is 0.00000144. The Labute approximate surface area is 84.6 Å². The van der Waals surface area contributed by atoms with E-state index in [1.807, 2.05) is 0 Å². The summed E-state index contributed by atoms with van der Waals surface area (Å²) < 4.78 is 6.28. The van der Waals surface area contributed by atoms with Crippen LogP contribution in [-0.4, -0.2) is 21.0 Å². The highest BCUT2D eigenvalue weighted by atomic mass is 29.3. The van der Waals surface area contributed by atoms with E-state index in [0.29, 0.717) is 0 Å².